The molecule has 0 aliphatic heterocycles. The SMILES string of the molecule is C=C/C=C(/C)Cc1cccc(C(C)=O)c1. The van der Waals surface area contributed by atoms with Crippen LogP contribution in [0, 0.1) is 0 Å². The van der Waals surface area contributed by atoms with E-state index in [1.165, 1.54) is 11.1 Å². The van der Waals surface area contributed by atoms with Crippen molar-refractivity contribution in [2.24, 2.45) is 0 Å². The van der Waals surface area contributed by atoms with Gasteiger partial charge in [0.15, 0.2) is 5.78 Å². The molecule has 78 valence electrons. The third kappa shape index (κ3) is 3.55. The smallest absolute Gasteiger partial charge is 0.159 e. The van der Waals surface area contributed by atoms with Crippen LogP contribution >= 0.6 is 0 Å². The largest absolute Gasteiger partial charge is 0.295 e. The molecule has 1 heteroatoms. The van der Waals surface area contributed by atoms with E-state index in [1.807, 2.05) is 30.3 Å². The summed E-state index contributed by atoms with van der Waals surface area (Å²) in [5, 5.41) is 0. The van der Waals surface area contributed by atoms with E-state index in [1.54, 1.807) is 13.0 Å². The van der Waals surface area contributed by atoms with E-state index in [-0.39, 0.29) is 5.78 Å². The predicted octanol–water partition coefficient (Wildman–Crippen LogP) is 3.56. The molecule has 0 N–H and O–H groups in total. The molecular formula is C14H16O. The molecule has 1 nitrogen and oxygen atoms in total. The molecule has 0 amide bonds. The van der Waals surface area contributed by atoms with Crippen LogP contribution in [-0.2, 0) is 6.42 Å². The summed E-state index contributed by atoms with van der Waals surface area (Å²) < 4.78 is 0. The average molecular weight is 200 g/mol. The number of hydrogen-bond acceptors (Lipinski definition) is 1. The maximum Gasteiger partial charge on any atom is 0.159 e. The van der Waals surface area contributed by atoms with Crippen molar-refractivity contribution in [3.63, 3.8) is 0 Å². The van der Waals surface area contributed by atoms with E-state index in [0.717, 1.165) is 12.0 Å². The molecule has 0 fully saturated rings. The Bertz CT molecular complexity index is 400. The fraction of sp³-hybridized carbons (Fsp3) is 0.214. The first-order valence-corrected chi connectivity index (χ1v) is 5.01. The number of Topliss-reactive ketones (excluding diaryl/α,β-unsaturated/α-hetero) is 1. The number of carbonyl (C=O) groups is 1. The van der Waals surface area contributed by atoms with Crippen molar-refractivity contribution in [1.82, 2.24) is 0 Å². The van der Waals surface area contributed by atoms with Crippen molar-refractivity contribution >= 4 is 5.78 Å². The van der Waals surface area contributed by atoms with Crippen LogP contribution in [0.15, 0.2) is 48.6 Å². The van der Waals surface area contributed by atoms with Gasteiger partial charge < -0.3 is 0 Å². The zero-order chi connectivity index (χ0) is 11.3. The Morgan fingerprint density at radius 2 is 2.13 bits per heavy atom. The van der Waals surface area contributed by atoms with Crippen molar-refractivity contribution in [3.8, 4) is 0 Å². The zero-order valence-electron chi connectivity index (χ0n) is 9.29. The maximum atomic E-state index is 11.2. The Morgan fingerprint density at radius 1 is 1.40 bits per heavy atom. The molecule has 0 aliphatic carbocycles. The summed E-state index contributed by atoms with van der Waals surface area (Å²) in [6.07, 6.45) is 4.64. The van der Waals surface area contributed by atoms with Gasteiger partial charge in [0, 0.05) is 5.56 Å². The first-order chi connectivity index (χ1) is 7.13. The molecule has 0 heterocycles. The van der Waals surface area contributed by atoms with Gasteiger partial charge in [-0.15, -0.1) is 0 Å². The number of hydrogen-bond donors (Lipinski definition) is 0. The van der Waals surface area contributed by atoms with Gasteiger partial charge in [-0.2, -0.15) is 0 Å². The minimum Gasteiger partial charge on any atom is -0.295 e. The van der Waals surface area contributed by atoms with Gasteiger partial charge in [-0.3, -0.25) is 4.79 Å². The molecule has 1 rings (SSSR count). The van der Waals surface area contributed by atoms with Gasteiger partial charge in [-0.25, -0.2) is 0 Å². The summed E-state index contributed by atoms with van der Waals surface area (Å²) in [5.41, 5.74) is 3.18. The van der Waals surface area contributed by atoms with E-state index in [9.17, 15) is 4.79 Å². The van der Waals surface area contributed by atoms with E-state index in [0.29, 0.717) is 0 Å². The lowest BCUT2D eigenvalue weighted by molar-refractivity contribution is 0.101. The highest BCUT2D eigenvalue weighted by Gasteiger charge is 2.00. The van der Waals surface area contributed by atoms with Gasteiger partial charge in [0.2, 0.25) is 0 Å². The fourth-order valence-electron chi connectivity index (χ4n) is 1.48. The van der Waals surface area contributed by atoms with Crippen LogP contribution in [0.4, 0.5) is 0 Å². The van der Waals surface area contributed by atoms with Crippen LogP contribution in [-0.4, -0.2) is 5.78 Å². The van der Waals surface area contributed by atoms with E-state index in [2.05, 4.69) is 13.5 Å². The summed E-state index contributed by atoms with van der Waals surface area (Å²) >= 11 is 0. The topological polar surface area (TPSA) is 17.1 Å². The normalized spacial score (nSPS) is 11.2. The van der Waals surface area contributed by atoms with Crippen molar-refractivity contribution in [2.75, 3.05) is 0 Å². The van der Waals surface area contributed by atoms with E-state index in [4.69, 9.17) is 0 Å². The van der Waals surface area contributed by atoms with Crippen LogP contribution in [0.5, 0.6) is 0 Å². The highest BCUT2D eigenvalue weighted by atomic mass is 16.1. The average Bonchev–Trinajstić information content (AvgIpc) is 2.18. The Balaban J connectivity index is 2.87. The third-order valence-electron chi connectivity index (χ3n) is 2.22. The zero-order valence-corrected chi connectivity index (χ0v) is 9.29. The Labute approximate surface area is 91.1 Å². The van der Waals surface area contributed by atoms with Crippen LogP contribution in [0.3, 0.4) is 0 Å². The second-order valence-corrected chi connectivity index (χ2v) is 3.68. The van der Waals surface area contributed by atoms with Crippen molar-refractivity contribution in [2.45, 2.75) is 20.3 Å². The minimum atomic E-state index is 0.113. The number of ketones is 1. The van der Waals surface area contributed by atoms with Gasteiger partial charge in [0.1, 0.15) is 0 Å². The number of carbonyl (C=O) groups excluding carboxylic acids is 1. The predicted molar refractivity (Wildman–Crippen MR) is 64.1 cm³/mol. The molecule has 1 aromatic rings. The molecule has 0 atom stereocenters. The standard InChI is InChI=1S/C14H16O/c1-4-6-11(2)9-13-7-5-8-14(10-13)12(3)15/h4-8,10H,1,9H2,2-3H3/b11-6-. The molecule has 0 aromatic heterocycles. The Morgan fingerprint density at radius 3 is 2.73 bits per heavy atom. The number of allylic oxidation sites excluding steroid dienone is 3. The highest BCUT2D eigenvalue weighted by molar-refractivity contribution is 5.94. The summed E-state index contributed by atoms with van der Waals surface area (Å²) in [6.45, 7) is 7.30. The van der Waals surface area contributed by atoms with Crippen LogP contribution < -0.4 is 0 Å². The highest BCUT2D eigenvalue weighted by Crippen LogP contribution is 2.10. The van der Waals surface area contributed by atoms with Gasteiger partial charge in [0.05, 0.1) is 0 Å². The van der Waals surface area contributed by atoms with Crippen LogP contribution in [0.1, 0.15) is 29.8 Å². The second kappa shape index (κ2) is 5.30. The van der Waals surface area contributed by atoms with Crippen molar-refractivity contribution in [1.29, 1.82) is 0 Å². The maximum absolute atomic E-state index is 11.2. The molecule has 0 saturated carbocycles. The first-order valence-electron chi connectivity index (χ1n) is 5.01. The third-order valence-corrected chi connectivity index (χ3v) is 2.22. The summed E-state index contributed by atoms with van der Waals surface area (Å²) in [4.78, 5) is 11.2. The Kier molecular flexibility index (Phi) is 4.04. The molecule has 0 aliphatic rings. The molecule has 0 saturated heterocycles. The lowest BCUT2D eigenvalue weighted by atomic mass is 10.0. The van der Waals surface area contributed by atoms with Crippen molar-refractivity contribution < 1.29 is 4.79 Å². The number of rotatable bonds is 4. The molecule has 0 bridgehead atoms. The quantitative estimate of drug-likeness (QED) is 0.536. The molecule has 0 radical (unpaired) electrons. The number of benzene rings is 1. The summed E-state index contributed by atoms with van der Waals surface area (Å²) in [7, 11) is 0. The first kappa shape index (κ1) is 11.4. The molecule has 15 heavy (non-hydrogen) atoms. The van der Waals surface area contributed by atoms with Gasteiger partial charge in [0.25, 0.3) is 0 Å². The molecule has 1 aromatic carbocycles. The van der Waals surface area contributed by atoms with Crippen LogP contribution in [0.25, 0.3) is 0 Å². The lowest BCUT2D eigenvalue weighted by Crippen LogP contribution is -1.94. The van der Waals surface area contributed by atoms with Crippen LogP contribution in [0.2, 0.25) is 0 Å². The second-order valence-electron chi connectivity index (χ2n) is 3.68. The van der Waals surface area contributed by atoms with E-state index >= 15 is 0 Å². The Hall–Kier alpha value is -1.63. The van der Waals surface area contributed by atoms with Gasteiger partial charge in [-0.05, 0) is 31.9 Å². The lowest BCUT2D eigenvalue weighted by Gasteiger charge is -2.03. The van der Waals surface area contributed by atoms with Gasteiger partial charge >= 0.3 is 0 Å². The van der Waals surface area contributed by atoms with Gasteiger partial charge in [-0.1, -0.05) is 42.5 Å². The molecular weight excluding hydrogens is 184 g/mol. The van der Waals surface area contributed by atoms with Crippen molar-refractivity contribution in [3.05, 3.63) is 59.7 Å². The minimum absolute atomic E-state index is 0.113. The fourth-order valence-corrected chi connectivity index (χ4v) is 1.48. The molecule has 0 unspecified atom stereocenters. The monoisotopic (exact) mass is 200 g/mol. The summed E-state index contributed by atoms with van der Waals surface area (Å²) in [6, 6.07) is 7.75. The van der Waals surface area contributed by atoms with E-state index < -0.39 is 0 Å². The molecule has 0 spiro atoms. The summed E-state index contributed by atoms with van der Waals surface area (Å²) in [5.74, 6) is 0.113.